The van der Waals surface area contributed by atoms with Gasteiger partial charge in [0.1, 0.15) is 5.82 Å². The van der Waals surface area contributed by atoms with Crippen LogP contribution in [0, 0.1) is 7.14 Å². The molecule has 1 aromatic heterocycles. The molecule has 33 heavy (non-hydrogen) atoms. The van der Waals surface area contributed by atoms with E-state index < -0.39 is 5.97 Å². The number of benzene rings is 2. The Balaban J connectivity index is 1.75. The zero-order valence-electron chi connectivity index (χ0n) is 18.0. The SMILES string of the molecule is CCCCc1nc2cc(I)c(=O)c(I)cc2n1Cc1ccc(-c2ccccc2C(=O)O)cc1. The first-order valence-corrected chi connectivity index (χ1v) is 12.8. The van der Waals surface area contributed by atoms with Crippen LogP contribution in [0.1, 0.15) is 41.5 Å². The van der Waals surface area contributed by atoms with Gasteiger partial charge in [0, 0.05) is 13.0 Å². The van der Waals surface area contributed by atoms with Crippen molar-refractivity contribution in [1.82, 2.24) is 9.55 Å². The van der Waals surface area contributed by atoms with Crippen LogP contribution in [0.25, 0.3) is 22.2 Å². The summed E-state index contributed by atoms with van der Waals surface area (Å²) in [6, 6.07) is 18.8. The summed E-state index contributed by atoms with van der Waals surface area (Å²) in [6.45, 7) is 2.79. The maximum absolute atomic E-state index is 12.5. The van der Waals surface area contributed by atoms with E-state index in [1.54, 1.807) is 12.1 Å². The second kappa shape index (κ2) is 10.3. The zero-order valence-corrected chi connectivity index (χ0v) is 22.3. The largest absolute Gasteiger partial charge is 0.478 e. The highest BCUT2D eigenvalue weighted by Gasteiger charge is 2.14. The number of unbranched alkanes of at least 4 members (excludes halogenated alkanes) is 1. The number of hydrogen-bond acceptors (Lipinski definition) is 3. The Morgan fingerprint density at radius 2 is 1.73 bits per heavy atom. The molecule has 4 aromatic rings. The Labute approximate surface area is 219 Å². The number of fused-ring (bicyclic) bond motifs is 1. The summed E-state index contributed by atoms with van der Waals surface area (Å²) in [4.78, 5) is 28.9. The van der Waals surface area contributed by atoms with E-state index in [0.717, 1.165) is 47.2 Å². The summed E-state index contributed by atoms with van der Waals surface area (Å²) < 4.78 is 3.54. The number of aryl methyl sites for hydroxylation is 1. The van der Waals surface area contributed by atoms with E-state index >= 15 is 0 Å². The van der Waals surface area contributed by atoms with Crippen molar-refractivity contribution in [2.24, 2.45) is 0 Å². The highest BCUT2D eigenvalue weighted by atomic mass is 127. The van der Waals surface area contributed by atoms with E-state index in [9.17, 15) is 14.7 Å². The summed E-state index contributed by atoms with van der Waals surface area (Å²) in [6.07, 6.45) is 2.99. The second-order valence-electron chi connectivity index (χ2n) is 7.85. The lowest BCUT2D eigenvalue weighted by molar-refractivity contribution is 0.0697. The van der Waals surface area contributed by atoms with Gasteiger partial charge >= 0.3 is 5.97 Å². The highest BCUT2D eigenvalue weighted by molar-refractivity contribution is 14.1. The fraction of sp³-hybridized carbons (Fsp3) is 0.192. The standard InChI is InChI=1S/C26H22I2N2O3/c1-2-3-8-24-29-22-13-20(27)25(31)21(28)14-23(22)30(24)15-16-9-11-17(12-10-16)18-6-4-5-7-19(18)26(32)33/h4-7,9-14H,2-3,8,15H2,1H3,(H,32,33). The third kappa shape index (κ3) is 5.13. The first-order chi connectivity index (χ1) is 15.9. The minimum absolute atomic E-state index is 0.0253. The van der Waals surface area contributed by atoms with Crippen LogP contribution in [0.2, 0.25) is 0 Å². The number of carboxylic acid groups (broad SMARTS) is 1. The van der Waals surface area contributed by atoms with Gasteiger partial charge in [0.2, 0.25) is 5.43 Å². The van der Waals surface area contributed by atoms with Crippen LogP contribution in [0.15, 0.2) is 65.5 Å². The normalized spacial score (nSPS) is 11.1. The summed E-state index contributed by atoms with van der Waals surface area (Å²) in [7, 11) is 0. The summed E-state index contributed by atoms with van der Waals surface area (Å²) in [5.74, 6) is 0.0763. The van der Waals surface area contributed by atoms with Crippen LogP contribution in [0.5, 0.6) is 0 Å². The van der Waals surface area contributed by atoms with E-state index in [0.29, 0.717) is 19.2 Å². The van der Waals surface area contributed by atoms with Crippen LogP contribution in [-0.4, -0.2) is 20.6 Å². The van der Waals surface area contributed by atoms with Gasteiger partial charge in [-0.3, -0.25) is 4.79 Å². The van der Waals surface area contributed by atoms with Crippen molar-refractivity contribution >= 4 is 62.2 Å². The molecule has 168 valence electrons. The van der Waals surface area contributed by atoms with Crippen LogP contribution in [-0.2, 0) is 13.0 Å². The quantitative estimate of drug-likeness (QED) is 0.234. The number of carbonyl (C=O) groups is 1. The number of carboxylic acids is 1. The van der Waals surface area contributed by atoms with E-state index in [2.05, 4.69) is 56.7 Å². The maximum Gasteiger partial charge on any atom is 0.336 e. The molecule has 1 N–H and O–H groups in total. The number of halogens is 2. The lowest BCUT2D eigenvalue weighted by atomic mass is 9.99. The van der Waals surface area contributed by atoms with Crippen LogP contribution < -0.4 is 5.43 Å². The van der Waals surface area contributed by atoms with Gasteiger partial charge in [0.25, 0.3) is 0 Å². The smallest absolute Gasteiger partial charge is 0.336 e. The minimum Gasteiger partial charge on any atom is -0.478 e. The lowest BCUT2D eigenvalue weighted by Crippen LogP contribution is -2.07. The van der Waals surface area contributed by atoms with Gasteiger partial charge in [0.15, 0.2) is 0 Å². The molecule has 1 heterocycles. The molecule has 0 atom stereocenters. The number of rotatable bonds is 7. The van der Waals surface area contributed by atoms with Crippen molar-refractivity contribution in [3.8, 4) is 11.1 Å². The molecule has 0 aliphatic heterocycles. The Morgan fingerprint density at radius 1 is 1.03 bits per heavy atom. The Morgan fingerprint density at radius 3 is 2.42 bits per heavy atom. The predicted molar refractivity (Wildman–Crippen MR) is 148 cm³/mol. The van der Waals surface area contributed by atoms with Crippen molar-refractivity contribution < 1.29 is 9.90 Å². The molecule has 0 bridgehead atoms. The van der Waals surface area contributed by atoms with Gasteiger partial charge in [-0.25, -0.2) is 9.78 Å². The molecular formula is C26H22I2N2O3. The van der Waals surface area contributed by atoms with E-state index in [-0.39, 0.29) is 11.0 Å². The topological polar surface area (TPSA) is 72.2 Å². The lowest BCUT2D eigenvalue weighted by Gasteiger charge is -2.11. The molecule has 0 radical (unpaired) electrons. The Bertz CT molecular complexity index is 1400. The first-order valence-electron chi connectivity index (χ1n) is 10.7. The third-order valence-electron chi connectivity index (χ3n) is 5.59. The van der Waals surface area contributed by atoms with Gasteiger partial charge in [-0.2, -0.15) is 0 Å². The molecule has 0 spiro atoms. The Hall–Kier alpha value is -2.27. The predicted octanol–water partition coefficient (Wildman–Crippen LogP) is 6.36. The molecule has 0 saturated heterocycles. The van der Waals surface area contributed by atoms with Crippen molar-refractivity contribution in [2.45, 2.75) is 32.7 Å². The van der Waals surface area contributed by atoms with Gasteiger partial charge < -0.3 is 9.67 Å². The highest BCUT2D eigenvalue weighted by Crippen LogP contribution is 2.26. The Kier molecular flexibility index (Phi) is 7.48. The zero-order chi connectivity index (χ0) is 23.5. The molecule has 7 heteroatoms. The van der Waals surface area contributed by atoms with Crippen molar-refractivity contribution in [3.63, 3.8) is 0 Å². The number of nitrogens with zero attached hydrogens (tertiary/aromatic N) is 2. The number of aromatic nitrogens is 2. The average molecular weight is 664 g/mol. The molecule has 0 amide bonds. The summed E-state index contributed by atoms with van der Waals surface area (Å²) >= 11 is 4.19. The van der Waals surface area contributed by atoms with E-state index in [1.165, 1.54) is 0 Å². The third-order valence-corrected chi connectivity index (χ3v) is 7.19. The first kappa shape index (κ1) is 23.9. The fourth-order valence-corrected chi connectivity index (χ4v) is 5.56. The maximum atomic E-state index is 12.5. The molecule has 0 aliphatic carbocycles. The molecule has 0 aliphatic rings. The van der Waals surface area contributed by atoms with Gasteiger partial charge in [0.05, 0.1) is 23.7 Å². The second-order valence-corrected chi connectivity index (χ2v) is 10.2. The summed E-state index contributed by atoms with van der Waals surface area (Å²) in [5, 5.41) is 9.50. The number of imidazole rings is 1. The van der Waals surface area contributed by atoms with Gasteiger partial charge in [-0.1, -0.05) is 55.8 Å². The average Bonchev–Trinajstić information content (AvgIpc) is 3.07. The van der Waals surface area contributed by atoms with Gasteiger partial charge in [-0.05, 0) is 86.5 Å². The van der Waals surface area contributed by atoms with Crippen LogP contribution >= 0.6 is 45.2 Å². The monoisotopic (exact) mass is 664 g/mol. The molecule has 0 saturated carbocycles. The molecule has 3 aromatic carbocycles. The number of hydrogen-bond donors (Lipinski definition) is 1. The van der Waals surface area contributed by atoms with E-state index in [1.807, 2.05) is 48.5 Å². The molecular weight excluding hydrogens is 642 g/mol. The van der Waals surface area contributed by atoms with Crippen molar-refractivity contribution in [1.29, 1.82) is 0 Å². The molecule has 0 unspecified atom stereocenters. The van der Waals surface area contributed by atoms with Gasteiger partial charge in [-0.15, -0.1) is 0 Å². The fourth-order valence-electron chi connectivity index (χ4n) is 3.87. The van der Waals surface area contributed by atoms with Crippen LogP contribution in [0.3, 0.4) is 0 Å². The van der Waals surface area contributed by atoms with Crippen LogP contribution in [0.4, 0.5) is 0 Å². The molecule has 4 rings (SSSR count). The molecule has 5 nitrogen and oxygen atoms in total. The molecule has 0 fully saturated rings. The van der Waals surface area contributed by atoms with Crippen molar-refractivity contribution in [3.05, 3.63) is 95.0 Å². The van der Waals surface area contributed by atoms with Crippen molar-refractivity contribution in [2.75, 3.05) is 0 Å². The summed E-state index contributed by atoms with van der Waals surface area (Å²) in [5.41, 5.74) is 4.75. The van der Waals surface area contributed by atoms with E-state index in [4.69, 9.17) is 4.98 Å². The minimum atomic E-state index is -0.935. The number of aromatic carboxylic acids is 1.